The van der Waals surface area contributed by atoms with Crippen molar-refractivity contribution in [3.05, 3.63) is 23.8 Å². The Morgan fingerprint density at radius 2 is 2.33 bits per heavy atom. The molecule has 98 valence electrons. The number of likely N-dealkylation sites (N-methyl/N-ethyl adjacent to an activating group) is 1. The van der Waals surface area contributed by atoms with Crippen LogP contribution < -0.4 is 16.8 Å². The van der Waals surface area contributed by atoms with Crippen LogP contribution in [-0.4, -0.2) is 37.0 Å². The third-order valence-corrected chi connectivity index (χ3v) is 3.51. The zero-order chi connectivity index (χ0) is 13.1. The van der Waals surface area contributed by atoms with Crippen LogP contribution in [-0.2, 0) is 0 Å². The van der Waals surface area contributed by atoms with Crippen LogP contribution in [0.1, 0.15) is 23.2 Å². The van der Waals surface area contributed by atoms with E-state index in [4.69, 9.17) is 11.5 Å². The Labute approximate surface area is 107 Å². The Morgan fingerprint density at radius 1 is 1.56 bits per heavy atom. The van der Waals surface area contributed by atoms with Crippen LogP contribution in [0.25, 0.3) is 0 Å². The lowest BCUT2D eigenvalue weighted by Crippen LogP contribution is -2.32. The van der Waals surface area contributed by atoms with E-state index in [0.29, 0.717) is 17.3 Å². The lowest BCUT2D eigenvalue weighted by Gasteiger charge is -2.21. The first-order valence-corrected chi connectivity index (χ1v) is 6.21. The van der Waals surface area contributed by atoms with Gasteiger partial charge >= 0.3 is 0 Å². The summed E-state index contributed by atoms with van der Waals surface area (Å²) >= 11 is 0. The first kappa shape index (κ1) is 12.7. The average molecular weight is 248 g/mol. The predicted octanol–water partition coefficient (Wildman–Crippen LogP) is 0.874. The fourth-order valence-electron chi connectivity index (χ4n) is 2.39. The second kappa shape index (κ2) is 5.27. The number of nitrogens with two attached hydrogens (primary N) is 2. The smallest absolute Gasteiger partial charge is 0.250 e. The van der Waals surface area contributed by atoms with Crippen molar-refractivity contribution in [2.75, 3.05) is 31.2 Å². The molecule has 1 fully saturated rings. The number of carbonyl (C=O) groups is 1. The Kier molecular flexibility index (Phi) is 3.72. The van der Waals surface area contributed by atoms with Gasteiger partial charge in [0.25, 0.3) is 5.91 Å². The standard InChI is InChI=1S/C13H20N4O/c1-17-6-2-3-10(17)8-16-12-7-9(14)4-5-11(12)13(15)18/h4-5,7,10,16H,2-3,6,8,14H2,1H3,(H2,15,18). The molecular formula is C13H20N4O. The second-order valence-corrected chi connectivity index (χ2v) is 4.83. The van der Waals surface area contributed by atoms with Gasteiger partial charge in [-0.05, 0) is 44.6 Å². The van der Waals surface area contributed by atoms with E-state index in [-0.39, 0.29) is 0 Å². The summed E-state index contributed by atoms with van der Waals surface area (Å²) < 4.78 is 0. The average Bonchev–Trinajstić information content (AvgIpc) is 2.72. The molecule has 18 heavy (non-hydrogen) atoms. The summed E-state index contributed by atoms with van der Waals surface area (Å²) in [7, 11) is 2.12. The predicted molar refractivity (Wildman–Crippen MR) is 73.5 cm³/mol. The quantitative estimate of drug-likeness (QED) is 0.690. The fourth-order valence-corrected chi connectivity index (χ4v) is 2.39. The van der Waals surface area contributed by atoms with Crippen molar-refractivity contribution in [3.8, 4) is 0 Å². The molecule has 2 rings (SSSR count). The number of nitrogens with zero attached hydrogens (tertiary/aromatic N) is 1. The van der Waals surface area contributed by atoms with Gasteiger partial charge in [-0.3, -0.25) is 4.79 Å². The van der Waals surface area contributed by atoms with Gasteiger partial charge in [-0.1, -0.05) is 0 Å². The highest BCUT2D eigenvalue weighted by molar-refractivity contribution is 5.99. The monoisotopic (exact) mass is 248 g/mol. The fraction of sp³-hybridized carbons (Fsp3) is 0.462. The zero-order valence-electron chi connectivity index (χ0n) is 10.6. The van der Waals surface area contributed by atoms with E-state index in [9.17, 15) is 4.79 Å². The molecule has 5 nitrogen and oxygen atoms in total. The van der Waals surface area contributed by atoms with Crippen LogP contribution >= 0.6 is 0 Å². The van der Waals surface area contributed by atoms with Crippen molar-refractivity contribution in [1.82, 2.24) is 4.90 Å². The maximum Gasteiger partial charge on any atom is 0.250 e. The molecule has 1 amide bonds. The van der Waals surface area contributed by atoms with Crippen LogP contribution in [0.2, 0.25) is 0 Å². The Morgan fingerprint density at radius 3 is 2.94 bits per heavy atom. The molecule has 5 heteroatoms. The summed E-state index contributed by atoms with van der Waals surface area (Å²) in [4.78, 5) is 13.6. The Balaban J connectivity index is 2.08. The summed E-state index contributed by atoms with van der Waals surface area (Å²) in [6, 6.07) is 5.62. The van der Waals surface area contributed by atoms with Crippen molar-refractivity contribution < 1.29 is 4.79 Å². The molecule has 1 heterocycles. The van der Waals surface area contributed by atoms with Crippen molar-refractivity contribution in [2.24, 2.45) is 5.73 Å². The SMILES string of the molecule is CN1CCCC1CNc1cc(N)ccc1C(N)=O. The van der Waals surface area contributed by atoms with Gasteiger partial charge in [0.15, 0.2) is 0 Å². The van der Waals surface area contributed by atoms with E-state index in [2.05, 4.69) is 17.3 Å². The molecule has 0 saturated carbocycles. The van der Waals surface area contributed by atoms with E-state index in [1.54, 1.807) is 18.2 Å². The summed E-state index contributed by atoms with van der Waals surface area (Å²) in [5.74, 6) is -0.433. The third kappa shape index (κ3) is 2.73. The highest BCUT2D eigenvalue weighted by Gasteiger charge is 2.20. The molecular weight excluding hydrogens is 228 g/mol. The number of hydrogen-bond donors (Lipinski definition) is 3. The number of nitrogen functional groups attached to an aromatic ring is 1. The molecule has 1 aromatic carbocycles. The molecule has 0 bridgehead atoms. The van der Waals surface area contributed by atoms with E-state index in [0.717, 1.165) is 18.8 Å². The van der Waals surface area contributed by atoms with Crippen LogP contribution in [0.4, 0.5) is 11.4 Å². The van der Waals surface area contributed by atoms with Crippen LogP contribution in [0.5, 0.6) is 0 Å². The number of hydrogen-bond acceptors (Lipinski definition) is 4. The number of nitrogens with one attached hydrogen (secondary N) is 1. The van der Waals surface area contributed by atoms with Crippen molar-refractivity contribution >= 4 is 17.3 Å². The number of primary amides is 1. The Hall–Kier alpha value is -1.75. The molecule has 1 unspecified atom stereocenters. The normalized spacial score (nSPS) is 19.9. The van der Waals surface area contributed by atoms with E-state index in [1.165, 1.54) is 12.8 Å². The lowest BCUT2D eigenvalue weighted by molar-refractivity contribution is 0.100. The molecule has 1 aliphatic heterocycles. The minimum absolute atomic E-state index is 0.433. The molecule has 0 radical (unpaired) electrons. The largest absolute Gasteiger partial charge is 0.399 e. The number of benzene rings is 1. The van der Waals surface area contributed by atoms with Gasteiger partial charge in [-0.2, -0.15) is 0 Å². The van der Waals surface area contributed by atoms with E-state index in [1.807, 2.05) is 0 Å². The van der Waals surface area contributed by atoms with Crippen molar-refractivity contribution in [3.63, 3.8) is 0 Å². The van der Waals surface area contributed by atoms with Gasteiger partial charge in [0, 0.05) is 24.0 Å². The third-order valence-electron chi connectivity index (χ3n) is 3.51. The zero-order valence-corrected chi connectivity index (χ0v) is 10.6. The summed E-state index contributed by atoms with van der Waals surface area (Å²) in [6.07, 6.45) is 2.40. The maximum absolute atomic E-state index is 11.3. The van der Waals surface area contributed by atoms with Gasteiger partial charge in [0.2, 0.25) is 0 Å². The van der Waals surface area contributed by atoms with Crippen LogP contribution in [0, 0.1) is 0 Å². The minimum atomic E-state index is -0.433. The number of rotatable bonds is 4. The molecule has 1 saturated heterocycles. The molecule has 1 aromatic rings. The van der Waals surface area contributed by atoms with Crippen molar-refractivity contribution in [2.45, 2.75) is 18.9 Å². The Bertz CT molecular complexity index is 447. The van der Waals surface area contributed by atoms with Crippen molar-refractivity contribution in [1.29, 1.82) is 0 Å². The van der Waals surface area contributed by atoms with Crippen LogP contribution in [0.15, 0.2) is 18.2 Å². The van der Waals surface area contributed by atoms with E-state index < -0.39 is 5.91 Å². The topological polar surface area (TPSA) is 84.4 Å². The molecule has 1 aliphatic rings. The van der Waals surface area contributed by atoms with Gasteiger partial charge in [-0.15, -0.1) is 0 Å². The molecule has 1 atom stereocenters. The highest BCUT2D eigenvalue weighted by Crippen LogP contribution is 2.21. The van der Waals surface area contributed by atoms with Gasteiger partial charge < -0.3 is 21.7 Å². The summed E-state index contributed by atoms with van der Waals surface area (Å²) in [5.41, 5.74) is 12.9. The number of amides is 1. The van der Waals surface area contributed by atoms with Gasteiger partial charge in [0.05, 0.1) is 5.56 Å². The minimum Gasteiger partial charge on any atom is -0.399 e. The number of likely N-dealkylation sites (tertiary alicyclic amines) is 1. The first-order valence-electron chi connectivity index (χ1n) is 6.21. The number of anilines is 2. The molecule has 0 aliphatic carbocycles. The van der Waals surface area contributed by atoms with Gasteiger partial charge in [-0.25, -0.2) is 0 Å². The molecule has 0 spiro atoms. The lowest BCUT2D eigenvalue weighted by atomic mass is 10.1. The summed E-state index contributed by atoms with van der Waals surface area (Å²) in [5, 5.41) is 3.29. The molecule has 0 aromatic heterocycles. The number of carbonyl (C=O) groups excluding carboxylic acids is 1. The maximum atomic E-state index is 11.3. The van der Waals surface area contributed by atoms with Crippen LogP contribution in [0.3, 0.4) is 0 Å². The molecule has 5 N–H and O–H groups in total. The highest BCUT2D eigenvalue weighted by atomic mass is 16.1. The first-order chi connectivity index (χ1) is 8.58. The summed E-state index contributed by atoms with van der Waals surface area (Å²) in [6.45, 7) is 1.94. The second-order valence-electron chi connectivity index (χ2n) is 4.83. The van der Waals surface area contributed by atoms with Gasteiger partial charge in [0.1, 0.15) is 0 Å². The van der Waals surface area contributed by atoms with E-state index >= 15 is 0 Å².